The Labute approximate surface area is 191 Å². The van der Waals surface area contributed by atoms with E-state index in [1.54, 1.807) is 35.8 Å². The van der Waals surface area contributed by atoms with Gasteiger partial charge in [0.1, 0.15) is 4.70 Å². The van der Waals surface area contributed by atoms with Crippen LogP contribution in [0.5, 0.6) is 0 Å². The van der Waals surface area contributed by atoms with Gasteiger partial charge in [0.25, 0.3) is 5.56 Å². The number of thioether (sulfide) groups is 1. The molecule has 1 aromatic carbocycles. The third-order valence-corrected chi connectivity index (χ3v) is 6.48. The zero-order valence-electron chi connectivity index (χ0n) is 17.5. The first-order valence-corrected chi connectivity index (χ1v) is 12.0. The van der Waals surface area contributed by atoms with Crippen LogP contribution in [0.15, 0.2) is 45.7 Å². The maximum absolute atomic E-state index is 12.8. The van der Waals surface area contributed by atoms with Crippen LogP contribution < -0.4 is 10.9 Å². The molecule has 0 aliphatic heterocycles. The van der Waals surface area contributed by atoms with E-state index in [1.165, 1.54) is 23.1 Å². The van der Waals surface area contributed by atoms with E-state index in [0.29, 0.717) is 33.4 Å². The number of esters is 1. The molecule has 0 aliphatic rings. The van der Waals surface area contributed by atoms with Gasteiger partial charge in [-0.2, -0.15) is 0 Å². The Bertz CT molecular complexity index is 1360. The number of hydrogen-bond acceptors (Lipinski definition) is 8. The van der Waals surface area contributed by atoms with Gasteiger partial charge >= 0.3 is 5.97 Å². The number of rotatable bonds is 8. The topological polar surface area (TPSA) is 108 Å². The van der Waals surface area contributed by atoms with Crippen molar-refractivity contribution >= 4 is 56.7 Å². The summed E-state index contributed by atoms with van der Waals surface area (Å²) in [5.41, 5.74) is 1.33. The van der Waals surface area contributed by atoms with Crippen LogP contribution in [0.4, 0.5) is 5.69 Å². The second kappa shape index (κ2) is 9.53. The van der Waals surface area contributed by atoms with Crippen molar-refractivity contribution in [3.63, 3.8) is 0 Å². The van der Waals surface area contributed by atoms with Gasteiger partial charge in [0.05, 0.1) is 29.1 Å². The van der Waals surface area contributed by atoms with Crippen molar-refractivity contribution in [2.75, 3.05) is 17.7 Å². The molecule has 0 radical (unpaired) electrons. The van der Waals surface area contributed by atoms with Crippen LogP contribution in [0.25, 0.3) is 16.0 Å². The Kier molecular flexibility index (Phi) is 6.56. The van der Waals surface area contributed by atoms with Crippen molar-refractivity contribution in [3.8, 4) is 0 Å². The fraction of sp³-hybridized carbons (Fsp3) is 0.286. The largest absolute Gasteiger partial charge is 0.462 e. The standard InChI is InChI=1S/C21H21N5O4S2/c1-3-10-25-18(28)17-15(9-11-31-17)26-20(25)23-24-21(26)32-12-16(27)22-14-8-6-5-7-13(14)19(29)30-4-2/h5-9,11H,3-4,10,12H2,1-2H3,(H,22,27). The predicted molar refractivity (Wildman–Crippen MR) is 125 cm³/mol. The minimum Gasteiger partial charge on any atom is -0.462 e. The van der Waals surface area contributed by atoms with E-state index in [-0.39, 0.29) is 23.8 Å². The van der Waals surface area contributed by atoms with Crippen molar-refractivity contribution in [1.29, 1.82) is 0 Å². The molecule has 166 valence electrons. The number of aromatic nitrogens is 4. The second-order valence-electron chi connectivity index (χ2n) is 6.81. The second-order valence-corrected chi connectivity index (χ2v) is 8.67. The van der Waals surface area contributed by atoms with Gasteiger partial charge in [-0.15, -0.1) is 21.5 Å². The van der Waals surface area contributed by atoms with Crippen LogP contribution in [0.2, 0.25) is 0 Å². The van der Waals surface area contributed by atoms with E-state index in [0.717, 1.165) is 11.9 Å². The molecule has 4 rings (SSSR count). The first-order chi connectivity index (χ1) is 15.5. The van der Waals surface area contributed by atoms with Crippen molar-refractivity contribution < 1.29 is 14.3 Å². The highest BCUT2D eigenvalue weighted by Gasteiger charge is 2.19. The maximum atomic E-state index is 12.8. The number of carbonyl (C=O) groups excluding carboxylic acids is 2. The monoisotopic (exact) mass is 471 g/mol. The number of fused-ring (bicyclic) bond motifs is 3. The van der Waals surface area contributed by atoms with Gasteiger partial charge in [0.2, 0.25) is 11.7 Å². The number of anilines is 1. The highest BCUT2D eigenvalue weighted by Crippen LogP contribution is 2.25. The molecule has 1 N–H and O–H groups in total. The van der Waals surface area contributed by atoms with Crippen LogP contribution in [-0.4, -0.2) is 43.4 Å². The van der Waals surface area contributed by atoms with Gasteiger partial charge in [0, 0.05) is 6.54 Å². The van der Waals surface area contributed by atoms with Crippen molar-refractivity contribution in [2.45, 2.75) is 32.0 Å². The van der Waals surface area contributed by atoms with Gasteiger partial charge in [-0.3, -0.25) is 18.6 Å². The highest BCUT2D eigenvalue weighted by atomic mass is 32.2. The lowest BCUT2D eigenvalue weighted by molar-refractivity contribution is -0.113. The molecule has 0 unspecified atom stereocenters. The first-order valence-electron chi connectivity index (χ1n) is 10.1. The zero-order chi connectivity index (χ0) is 22.7. The highest BCUT2D eigenvalue weighted by molar-refractivity contribution is 7.99. The first kappa shape index (κ1) is 22.0. The summed E-state index contributed by atoms with van der Waals surface area (Å²) in [5, 5.41) is 13.6. The predicted octanol–water partition coefficient (Wildman–Crippen LogP) is 3.42. The smallest absolute Gasteiger partial charge is 0.340 e. The fourth-order valence-electron chi connectivity index (χ4n) is 3.31. The molecule has 1 amide bonds. The molecular weight excluding hydrogens is 450 g/mol. The summed E-state index contributed by atoms with van der Waals surface area (Å²) in [7, 11) is 0. The Balaban J connectivity index is 1.58. The maximum Gasteiger partial charge on any atom is 0.340 e. The minimum atomic E-state index is -0.492. The summed E-state index contributed by atoms with van der Waals surface area (Å²) < 4.78 is 9.10. The molecule has 0 fully saturated rings. The van der Waals surface area contributed by atoms with E-state index in [2.05, 4.69) is 15.5 Å². The van der Waals surface area contributed by atoms with Crippen molar-refractivity contribution in [3.05, 3.63) is 51.6 Å². The van der Waals surface area contributed by atoms with Crippen molar-refractivity contribution in [1.82, 2.24) is 19.2 Å². The van der Waals surface area contributed by atoms with Crippen LogP contribution >= 0.6 is 23.1 Å². The quantitative estimate of drug-likeness (QED) is 0.310. The Morgan fingerprint density at radius 1 is 1.19 bits per heavy atom. The number of nitrogens with zero attached hydrogens (tertiary/aromatic N) is 4. The molecular formula is C21H21N5O4S2. The molecule has 4 aromatic rings. The lowest BCUT2D eigenvalue weighted by Crippen LogP contribution is -2.22. The lowest BCUT2D eigenvalue weighted by atomic mass is 10.2. The van der Waals surface area contributed by atoms with Crippen LogP contribution in [0.1, 0.15) is 30.6 Å². The Morgan fingerprint density at radius 3 is 2.78 bits per heavy atom. The number of carbonyl (C=O) groups is 2. The van der Waals surface area contributed by atoms with Gasteiger partial charge in [0.15, 0.2) is 5.16 Å². The molecule has 0 atom stereocenters. The Hall–Kier alpha value is -3.18. The molecule has 9 nitrogen and oxygen atoms in total. The number of thiophene rings is 1. The third-order valence-electron chi connectivity index (χ3n) is 4.66. The molecule has 0 saturated heterocycles. The van der Waals surface area contributed by atoms with Gasteiger partial charge in [-0.05, 0) is 36.9 Å². The summed E-state index contributed by atoms with van der Waals surface area (Å²) in [6, 6.07) is 8.55. The minimum absolute atomic E-state index is 0.0521. The summed E-state index contributed by atoms with van der Waals surface area (Å²) in [4.78, 5) is 37.5. The van der Waals surface area contributed by atoms with E-state index in [1.807, 2.05) is 22.8 Å². The number of hydrogen-bond donors (Lipinski definition) is 1. The summed E-state index contributed by atoms with van der Waals surface area (Å²) in [6.07, 6.45) is 0.782. The van der Waals surface area contributed by atoms with Gasteiger partial charge < -0.3 is 10.1 Å². The third kappa shape index (κ3) is 4.13. The number of amides is 1. The number of ether oxygens (including phenoxy) is 1. The molecule has 3 heterocycles. The Morgan fingerprint density at radius 2 is 2.00 bits per heavy atom. The number of aryl methyl sites for hydroxylation is 1. The number of nitrogens with one attached hydrogen (secondary N) is 1. The summed E-state index contributed by atoms with van der Waals surface area (Å²) in [5.74, 6) is -0.283. The number of benzene rings is 1. The molecule has 3 aromatic heterocycles. The van der Waals surface area contributed by atoms with E-state index in [4.69, 9.17) is 4.74 Å². The lowest BCUT2D eigenvalue weighted by Gasteiger charge is -2.10. The molecule has 11 heteroatoms. The molecule has 0 bridgehead atoms. The van der Waals surface area contributed by atoms with Crippen molar-refractivity contribution in [2.24, 2.45) is 0 Å². The summed E-state index contributed by atoms with van der Waals surface area (Å²) >= 11 is 2.58. The van der Waals surface area contributed by atoms with E-state index < -0.39 is 5.97 Å². The normalized spacial score (nSPS) is 11.2. The zero-order valence-corrected chi connectivity index (χ0v) is 19.2. The SMILES string of the molecule is CCCn1c(=O)c2sccc2n2c(SCC(=O)Nc3ccccc3C(=O)OCC)nnc12. The van der Waals surface area contributed by atoms with Crippen LogP contribution in [-0.2, 0) is 16.1 Å². The van der Waals surface area contributed by atoms with E-state index >= 15 is 0 Å². The number of para-hydroxylation sites is 1. The van der Waals surface area contributed by atoms with Crippen LogP contribution in [0.3, 0.4) is 0 Å². The molecule has 0 aliphatic carbocycles. The molecule has 0 saturated carbocycles. The average Bonchev–Trinajstić information content (AvgIpc) is 3.43. The van der Waals surface area contributed by atoms with Gasteiger partial charge in [-0.25, -0.2) is 4.79 Å². The van der Waals surface area contributed by atoms with Gasteiger partial charge in [-0.1, -0.05) is 30.8 Å². The fourth-order valence-corrected chi connectivity index (χ4v) is 4.88. The average molecular weight is 472 g/mol. The molecule has 32 heavy (non-hydrogen) atoms. The van der Waals surface area contributed by atoms with Crippen LogP contribution in [0, 0.1) is 0 Å². The molecule has 0 spiro atoms. The summed E-state index contributed by atoms with van der Waals surface area (Å²) in [6.45, 7) is 4.50. The van der Waals surface area contributed by atoms with E-state index in [9.17, 15) is 14.4 Å².